The number of methoxy groups -OCH3 is 1. The van der Waals surface area contributed by atoms with E-state index in [9.17, 15) is 14.4 Å². The van der Waals surface area contributed by atoms with Gasteiger partial charge in [0, 0.05) is 19.6 Å². The molecule has 0 heterocycles. The SMILES string of the molecule is [CH2]C(=O)c1cccc(OC(=O)C(NC(=O)OCCOC)c2ccccc2)c1. The van der Waals surface area contributed by atoms with Crippen LogP contribution in [-0.2, 0) is 14.3 Å². The Morgan fingerprint density at radius 2 is 1.78 bits per heavy atom. The standard InChI is InChI=1S/C20H20NO6/c1-14(22)16-9-6-10-17(13-16)27-19(23)18(15-7-4-3-5-8-15)21-20(24)26-12-11-25-2/h3-10,13,18H,1,11-12H2,2H3,(H,21,24). The second kappa shape index (κ2) is 10.1. The van der Waals surface area contributed by atoms with Crippen molar-refractivity contribution in [2.24, 2.45) is 0 Å². The monoisotopic (exact) mass is 370 g/mol. The number of nitrogens with one attached hydrogen (secondary N) is 1. The second-order valence-corrected chi connectivity index (χ2v) is 5.49. The first-order valence-electron chi connectivity index (χ1n) is 8.16. The smallest absolute Gasteiger partial charge is 0.408 e. The molecule has 1 N–H and O–H groups in total. The zero-order valence-corrected chi connectivity index (χ0v) is 14.8. The summed E-state index contributed by atoms with van der Waals surface area (Å²) in [7, 11) is 1.48. The average molecular weight is 370 g/mol. The van der Waals surface area contributed by atoms with E-state index >= 15 is 0 Å². The molecule has 0 aliphatic rings. The predicted octanol–water partition coefficient (Wildman–Crippen LogP) is 2.72. The van der Waals surface area contributed by atoms with Crippen molar-refractivity contribution in [2.75, 3.05) is 20.3 Å². The molecule has 2 aromatic carbocycles. The van der Waals surface area contributed by atoms with Crippen molar-refractivity contribution in [1.82, 2.24) is 5.32 Å². The third kappa shape index (κ3) is 6.23. The maximum Gasteiger partial charge on any atom is 0.408 e. The van der Waals surface area contributed by atoms with Gasteiger partial charge in [0.25, 0.3) is 0 Å². The Hall–Kier alpha value is -3.19. The van der Waals surface area contributed by atoms with E-state index in [0.29, 0.717) is 11.1 Å². The van der Waals surface area contributed by atoms with Crippen LogP contribution in [0.3, 0.4) is 0 Å². The summed E-state index contributed by atoms with van der Waals surface area (Å²) in [6.45, 7) is 3.61. The van der Waals surface area contributed by atoms with Crippen LogP contribution < -0.4 is 10.1 Å². The second-order valence-electron chi connectivity index (χ2n) is 5.49. The summed E-state index contributed by atoms with van der Waals surface area (Å²) in [5, 5.41) is 2.48. The number of hydrogen-bond acceptors (Lipinski definition) is 6. The Labute approximate surface area is 157 Å². The molecule has 1 atom stereocenters. The van der Waals surface area contributed by atoms with Crippen LogP contribution in [0.2, 0.25) is 0 Å². The number of ketones is 1. The third-order valence-corrected chi connectivity index (χ3v) is 3.53. The number of rotatable bonds is 8. The van der Waals surface area contributed by atoms with Gasteiger partial charge in [0.15, 0.2) is 11.8 Å². The number of alkyl carbamates (subject to hydrolysis) is 1. The molecule has 2 aromatic rings. The minimum absolute atomic E-state index is 0.0482. The fourth-order valence-corrected chi connectivity index (χ4v) is 2.21. The Kier molecular flexibility index (Phi) is 7.51. The van der Waals surface area contributed by atoms with Crippen LogP contribution in [0.4, 0.5) is 4.79 Å². The number of amides is 1. The summed E-state index contributed by atoms with van der Waals surface area (Å²) in [6.07, 6.45) is -0.778. The average Bonchev–Trinajstić information content (AvgIpc) is 2.67. The van der Waals surface area contributed by atoms with Crippen molar-refractivity contribution in [3.63, 3.8) is 0 Å². The van der Waals surface area contributed by atoms with Crippen molar-refractivity contribution in [3.05, 3.63) is 72.6 Å². The Bertz CT molecular complexity index is 790. The van der Waals surface area contributed by atoms with Crippen molar-refractivity contribution in [3.8, 4) is 5.75 Å². The topological polar surface area (TPSA) is 90.9 Å². The molecule has 141 valence electrons. The van der Waals surface area contributed by atoms with Gasteiger partial charge in [-0.25, -0.2) is 9.59 Å². The summed E-state index contributed by atoms with van der Waals surface area (Å²) < 4.78 is 15.1. The van der Waals surface area contributed by atoms with E-state index in [4.69, 9.17) is 14.2 Å². The van der Waals surface area contributed by atoms with Crippen LogP contribution in [-0.4, -0.2) is 38.2 Å². The molecule has 0 aliphatic heterocycles. The minimum Gasteiger partial charge on any atom is -0.447 e. The number of Topliss-reactive ketones (excluding diaryl/α,β-unsaturated/α-hetero) is 1. The van der Waals surface area contributed by atoms with Crippen molar-refractivity contribution in [1.29, 1.82) is 0 Å². The highest BCUT2D eigenvalue weighted by Gasteiger charge is 2.25. The number of benzene rings is 2. The van der Waals surface area contributed by atoms with Crippen molar-refractivity contribution < 1.29 is 28.6 Å². The normalized spacial score (nSPS) is 11.3. The van der Waals surface area contributed by atoms with Gasteiger partial charge in [-0.2, -0.15) is 0 Å². The quantitative estimate of drug-likeness (QED) is 0.333. The Morgan fingerprint density at radius 1 is 1.04 bits per heavy atom. The van der Waals surface area contributed by atoms with Gasteiger partial charge in [0.2, 0.25) is 0 Å². The third-order valence-electron chi connectivity index (χ3n) is 3.53. The first-order chi connectivity index (χ1) is 13.0. The summed E-state index contributed by atoms with van der Waals surface area (Å²) in [5.74, 6) is -0.948. The Balaban J connectivity index is 2.15. The van der Waals surface area contributed by atoms with Gasteiger partial charge >= 0.3 is 12.1 Å². The highest BCUT2D eigenvalue weighted by atomic mass is 16.6. The molecule has 7 nitrogen and oxygen atoms in total. The molecule has 0 saturated carbocycles. The van der Waals surface area contributed by atoms with Crippen LogP contribution >= 0.6 is 0 Å². The van der Waals surface area contributed by atoms with Gasteiger partial charge in [-0.15, -0.1) is 0 Å². The molecule has 27 heavy (non-hydrogen) atoms. The van der Waals surface area contributed by atoms with Gasteiger partial charge < -0.3 is 19.5 Å². The zero-order valence-electron chi connectivity index (χ0n) is 14.8. The fraction of sp³-hybridized carbons (Fsp3) is 0.200. The van der Waals surface area contributed by atoms with Crippen LogP contribution in [0.5, 0.6) is 5.75 Å². The summed E-state index contributed by atoms with van der Waals surface area (Å²) in [6, 6.07) is 13.6. The lowest BCUT2D eigenvalue weighted by molar-refractivity contribution is -0.136. The largest absolute Gasteiger partial charge is 0.447 e. The molecule has 2 rings (SSSR count). The first kappa shape index (κ1) is 20.1. The van der Waals surface area contributed by atoms with E-state index in [0.717, 1.165) is 0 Å². The molecule has 0 saturated heterocycles. The molecule has 1 unspecified atom stereocenters. The van der Waals surface area contributed by atoms with E-state index in [1.54, 1.807) is 42.5 Å². The number of ether oxygens (including phenoxy) is 3. The van der Waals surface area contributed by atoms with Gasteiger partial charge in [0.1, 0.15) is 12.4 Å². The Morgan fingerprint density at radius 3 is 2.44 bits per heavy atom. The lowest BCUT2D eigenvalue weighted by atomic mass is 10.1. The zero-order chi connectivity index (χ0) is 19.6. The maximum absolute atomic E-state index is 12.6. The lowest BCUT2D eigenvalue weighted by Gasteiger charge is -2.18. The maximum atomic E-state index is 12.6. The van der Waals surface area contributed by atoms with Gasteiger partial charge in [-0.1, -0.05) is 42.5 Å². The van der Waals surface area contributed by atoms with E-state index in [1.165, 1.54) is 19.2 Å². The molecule has 0 spiro atoms. The lowest BCUT2D eigenvalue weighted by Crippen LogP contribution is -2.36. The molecule has 0 aliphatic carbocycles. The van der Waals surface area contributed by atoms with Crippen LogP contribution in [0.1, 0.15) is 22.0 Å². The number of hydrogen-bond donors (Lipinski definition) is 1. The number of esters is 1. The van der Waals surface area contributed by atoms with Crippen LogP contribution in [0.15, 0.2) is 54.6 Å². The predicted molar refractivity (Wildman–Crippen MR) is 97.3 cm³/mol. The van der Waals surface area contributed by atoms with Crippen LogP contribution in [0.25, 0.3) is 0 Å². The minimum atomic E-state index is -1.08. The summed E-state index contributed by atoms with van der Waals surface area (Å²) >= 11 is 0. The molecule has 0 fully saturated rings. The van der Waals surface area contributed by atoms with Crippen molar-refractivity contribution >= 4 is 17.8 Å². The highest BCUT2D eigenvalue weighted by Crippen LogP contribution is 2.19. The molecule has 0 aromatic heterocycles. The van der Waals surface area contributed by atoms with Gasteiger partial charge in [-0.3, -0.25) is 4.79 Å². The molecule has 0 bridgehead atoms. The number of carbonyl (C=O) groups excluding carboxylic acids is 3. The van der Waals surface area contributed by atoms with E-state index in [2.05, 4.69) is 12.2 Å². The summed E-state index contributed by atoms with van der Waals surface area (Å²) in [5.41, 5.74) is 0.832. The van der Waals surface area contributed by atoms with E-state index in [1.807, 2.05) is 0 Å². The molecule has 1 amide bonds. The van der Waals surface area contributed by atoms with E-state index < -0.39 is 23.9 Å². The highest BCUT2D eigenvalue weighted by molar-refractivity contribution is 5.99. The van der Waals surface area contributed by atoms with Crippen LogP contribution in [0, 0.1) is 6.92 Å². The van der Waals surface area contributed by atoms with Gasteiger partial charge in [-0.05, 0) is 17.7 Å². The van der Waals surface area contributed by atoms with Gasteiger partial charge in [0.05, 0.1) is 6.61 Å². The molecular formula is C20H20NO6. The fourth-order valence-electron chi connectivity index (χ4n) is 2.21. The van der Waals surface area contributed by atoms with Crippen molar-refractivity contribution in [2.45, 2.75) is 6.04 Å². The van der Waals surface area contributed by atoms with E-state index in [-0.39, 0.29) is 19.0 Å². The molecule has 7 heteroatoms. The summed E-state index contributed by atoms with van der Waals surface area (Å²) in [4.78, 5) is 36.0. The molecular weight excluding hydrogens is 350 g/mol. The number of carbonyl (C=O) groups is 3. The molecule has 1 radical (unpaired) electrons. The first-order valence-corrected chi connectivity index (χ1v) is 8.16.